The van der Waals surface area contributed by atoms with Gasteiger partial charge in [0, 0.05) is 0 Å². The monoisotopic (exact) mass is 386 g/mol. The van der Waals surface area contributed by atoms with E-state index in [0.717, 1.165) is 0 Å². The standard InChI is InChI=1S/C8H8O3.2C4H9.Sn/c9-8(10)6-11-7-4-2-1-3-5-7;2*1-3-4-2;/h1-5H,6H2,(H,9,10);2*1,3-4H2,2H3;. The molecule has 1 rings (SSSR count). The van der Waals surface area contributed by atoms with E-state index in [1.807, 2.05) is 6.07 Å². The number of para-hydroxylation sites is 1. The molecule has 20 heavy (non-hydrogen) atoms. The summed E-state index contributed by atoms with van der Waals surface area (Å²) in [6.45, 7) is 4.29. The molecule has 1 N–H and O–H groups in total. The third kappa shape index (κ3) is 13.7. The Kier molecular flexibility index (Phi) is 14.2. The molecular formula is C16H26O3Sn. The summed E-state index contributed by atoms with van der Waals surface area (Å²) in [5, 5.41) is 8.25. The molecule has 3 nitrogen and oxygen atoms in total. The minimum atomic E-state index is -0.964. The number of rotatable bonds is 9. The van der Waals surface area contributed by atoms with Gasteiger partial charge in [0.2, 0.25) is 0 Å². The molecule has 0 bridgehead atoms. The van der Waals surface area contributed by atoms with Crippen molar-refractivity contribution in [3.8, 4) is 5.75 Å². The van der Waals surface area contributed by atoms with Crippen molar-refractivity contribution < 1.29 is 14.6 Å². The van der Waals surface area contributed by atoms with Gasteiger partial charge in [-0.15, -0.1) is 0 Å². The van der Waals surface area contributed by atoms with E-state index in [1.54, 1.807) is 33.1 Å². The Hall–Kier alpha value is -0.711. The zero-order chi connectivity index (χ0) is 15.1. The van der Waals surface area contributed by atoms with Crippen LogP contribution in [0.1, 0.15) is 39.5 Å². The normalized spacial score (nSPS) is 9.50. The minimum Gasteiger partial charge on any atom is -0.482 e. The summed E-state index contributed by atoms with van der Waals surface area (Å²) < 4.78 is 8.12. The molecule has 0 amide bonds. The summed E-state index contributed by atoms with van der Waals surface area (Å²) in [6, 6.07) is 8.84. The van der Waals surface area contributed by atoms with Gasteiger partial charge in [-0.1, -0.05) is 18.2 Å². The van der Waals surface area contributed by atoms with Crippen LogP contribution in [-0.2, 0) is 4.79 Å². The van der Waals surface area contributed by atoms with Gasteiger partial charge >= 0.3 is 75.5 Å². The first-order chi connectivity index (χ1) is 9.70. The minimum absolute atomic E-state index is 0.149. The molecule has 0 aliphatic rings. The molecule has 1 aromatic carbocycles. The number of carboxylic acid groups (broad SMARTS) is 1. The average molecular weight is 385 g/mol. The number of carbonyl (C=O) groups is 1. The molecule has 0 unspecified atom stereocenters. The van der Waals surface area contributed by atoms with Crippen molar-refractivity contribution in [3.05, 3.63) is 30.3 Å². The number of ether oxygens (including phenoxy) is 1. The second-order valence-electron chi connectivity index (χ2n) is 4.45. The summed E-state index contributed by atoms with van der Waals surface area (Å²) >= 11 is 0.149. The second kappa shape index (κ2) is 14.7. The van der Waals surface area contributed by atoms with Crippen LogP contribution in [0.3, 0.4) is 0 Å². The van der Waals surface area contributed by atoms with Gasteiger partial charge < -0.3 is 9.84 Å². The zero-order valence-corrected chi connectivity index (χ0v) is 15.5. The first kappa shape index (κ1) is 19.3. The topological polar surface area (TPSA) is 46.5 Å². The fourth-order valence-corrected chi connectivity index (χ4v) is 5.55. The maximum absolute atomic E-state index is 10.0. The number of benzene rings is 1. The van der Waals surface area contributed by atoms with E-state index in [4.69, 9.17) is 9.84 Å². The van der Waals surface area contributed by atoms with E-state index in [2.05, 4.69) is 13.8 Å². The fraction of sp³-hybridized carbons (Fsp3) is 0.562. The van der Waals surface area contributed by atoms with E-state index in [1.165, 1.54) is 25.7 Å². The Bertz CT molecular complexity index is 322. The van der Waals surface area contributed by atoms with Gasteiger partial charge in [-0.05, 0) is 12.1 Å². The van der Waals surface area contributed by atoms with Crippen molar-refractivity contribution in [1.29, 1.82) is 0 Å². The third-order valence-corrected chi connectivity index (χ3v) is 6.56. The molecule has 0 saturated carbocycles. The Morgan fingerprint density at radius 2 is 1.65 bits per heavy atom. The molecule has 0 aliphatic heterocycles. The Morgan fingerprint density at radius 3 is 2.10 bits per heavy atom. The molecule has 0 fully saturated rings. The third-order valence-electron chi connectivity index (χ3n) is 2.52. The van der Waals surface area contributed by atoms with Gasteiger partial charge in [-0.3, -0.25) is 0 Å². The van der Waals surface area contributed by atoms with Crippen molar-refractivity contribution in [2.24, 2.45) is 0 Å². The van der Waals surface area contributed by atoms with Crippen LogP contribution in [0.25, 0.3) is 0 Å². The zero-order valence-electron chi connectivity index (χ0n) is 12.6. The van der Waals surface area contributed by atoms with Crippen LogP contribution < -0.4 is 4.74 Å². The smallest absolute Gasteiger partial charge is 0.341 e. The van der Waals surface area contributed by atoms with E-state index >= 15 is 0 Å². The molecule has 2 radical (unpaired) electrons. The fourth-order valence-electron chi connectivity index (χ4n) is 1.39. The van der Waals surface area contributed by atoms with Crippen LogP contribution in [0.5, 0.6) is 5.75 Å². The van der Waals surface area contributed by atoms with Crippen LogP contribution in [0.15, 0.2) is 30.3 Å². The number of carboxylic acids is 1. The quantitative estimate of drug-likeness (QED) is 0.510. The van der Waals surface area contributed by atoms with Crippen molar-refractivity contribution in [2.75, 3.05) is 6.61 Å². The molecule has 0 atom stereocenters. The summed E-state index contributed by atoms with van der Waals surface area (Å²) in [5.74, 6) is -0.385. The number of aliphatic carboxylic acids is 1. The first-order valence-electron chi connectivity index (χ1n) is 7.31. The number of hydrogen-bond donors (Lipinski definition) is 1. The van der Waals surface area contributed by atoms with Gasteiger partial charge in [0.25, 0.3) is 0 Å². The Morgan fingerprint density at radius 1 is 1.10 bits per heavy atom. The maximum Gasteiger partial charge on any atom is 0.341 e. The Labute approximate surface area is 133 Å². The first-order valence-corrected chi connectivity index (χ1v) is 11.3. The van der Waals surface area contributed by atoms with Crippen molar-refractivity contribution >= 4 is 27.1 Å². The van der Waals surface area contributed by atoms with Crippen LogP contribution >= 0.6 is 0 Å². The van der Waals surface area contributed by atoms with E-state index in [0.29, 0.717) is 5.75 Å². The summed E-state index contributed by atoms with van der Waals surface area (Å²) in [5.41, 5.74) is 0. The van der Waals surface area contributed by atoms with Gasteiger partial charge in [-0.2, -0.15) is 0 Å². The van der Waals surface area contributed by atoms with Gasteiger partial charge in [0.05, 0.1) is 0 Å². The van der Waals surface area contributed by atoms with Crippen molar-refractivity contribution in [3.63, 3.8) is 0 Å². The molecule has 0 spiro atoms. The van der Waals surface area contributed by atoms with E-state index in [9.17, 15) is 4.79 Å². The molecule has 112 valence electrons. The molecule has 4 heteroatoms. The van der Waals surface area contributed by atoms with Crippen molar-refractivity contribution in [1.82, 2.24) is 0 Å². The maximum atomic E-state index is 10.0. The summed E-state index contributed by atoms with van der Waals surface area (Å²) in [7, 11) is 0. The number of hydrogen-bond acceptors (Lipinski definition) is 2. The molecular weight excluding hydrogens is 359 g/mol. The second-order valence-corrected chi connectivity index (χ2v) is 8.73. The SMILES string of the molecule is CCC[CH2][Sn][CH2]CCC.O=C(O)COc1ccccc1. The van der Waals surface area contributed by atoms with Crippen LogP contribution in [0, 0.1) is 0 Å². The largest absolute Gasteiger partial charge is 0.482 e. The molecule has 0 saturated heterocycles. The van der Waals surface area contributed by atoms with E-state index < -0.39 is 5.97 Å². The molecule has 0 aromatic heterocycles. The molecule has 0 aliphatic carbocycles. The predicted octanol–water partition coefficient (Wildman–Crippen LogP) is 4.28. The van der Waals surface area contributed by atoms with Crippen LogP contribution in [0.2, 0.25) is 8.87 Å². The molecule has 0 heterocycles. The predicted molar refractivity (Wildman–Crippen MR) is 84.8 cm³/mol. The number of unbranched alkanes of at least 4 members (excludes halogenated alkanes) is 2. The average Bonchev–Trinajstić information content (AvgIpc) is 2.47. The van der Waals surface area contributed by atoms with Gasteiger partial charge in [0.1, 0.15) is 5.75 Å². The summed E-state index contributed by atoms with van der Waals surface area (Å²) in [4.78, 5) is 10.0. The Balaban J connectivity index is 0.000000370. The van der Waals surface area contributed by atoms with Crippen LogP contribution in [0.4, 0.5) is 0 Å². The molecule has 1 aromatic rings. The van der Waals surface area contributed by atoms with Crippen molar-refractivity contribution in [2.45, 2.75) is 48.4 Å². The van der Waals surface area contributed by atoms with Gasteiger partial charge in [-0.25, -0.2) is 4.79 Å². The summed E-state index contributed by atoms with van der Waals surface area (Å²) in [6.07, 6.45) is 5.84. The van der Waals surface area contributed by atoms with Crippen LogP contribution in [-0.4, -0.2) is 38.8 Å². The van der Waals surface area contributed by atoms with E-state index in [-0.39, 0.29) is 27.7 Å². The van der Waals surface area contributed by atoms with Gasteiger partial charge in [0.15, 0.2) is 6.61 Å².